The lowest BCUT2D eigenvalue weighted by Crippen LogP contribution is -2.47. The molecule has 112 valence electrons. The van der Waals surface area contributed by atoms with Crippen molar-refractivity contribution in [1.82, 2.24) is 0 Å². The zero-order chi connectivity index (χ0) is 14.5. The molecule has 2 aliphatic carbocycles. The second kappa shape index (κ2) is 4.90. The van der Waals surface area contributed by atoms with Crippen molar-refractivity contribution in [2.24, 2.45) is 0 Å². The normalized spacial score (nSPS) is 25.9. The lowest BCUT2D eigenvalue weighted by atomic mass is 9.69. The molecular formula is C17H18BrFO2. The summed E-state index contributed by atoms with van der Waals surface area (Å²) in [4.78, 5) is 0. The molecule has 1 aromatic rings. The van der Waals surface area contributed by atoms with Crippen LogP contribution in [0.5, 0.6) is 0 Å². The van der Waals surface area contributed by atoms with Crippen LogP contribution in [0.25, 0.3) is 6.08 Å². The van der Waals surface area contributed by atoms with Gasteiger partial charge in [0.05, 0.1) is 13.2 Å². The molecule has 2 fully saturated rings. The van der Waals surface area contributed by atoms with Gasteiger partial charge in [-0.05, 0) is 48.6 Å². The summed E-state index contributed by atoms with van der Waals surface area (Å²) >= 11 is 3.73. The van der Waals surface area contributed by atoms with Crippen molar-refractivity contribution in [1.29, 1.82) is 0 Å². The molecule has 3 aliphatic rings. The Bertz CT molecular complexity index is 595. The molecule has 0 radical (unpaired) electrons. The Labute approximate surface area is 132 Å². The lowest BCUT2D eigenvalue weighted by Gasteiger charge is -2.46. The van der Waals surface area contributed by atoms with Crippen molar-refractivity contribution in [2.75, 3.05) is 13.2 Å². The molecule has 0 atom stereocenters. The molecule has 2 spiro atoms. The summed E-state index contributed by atoms with van der Waals surface area (Å²) in [6, 6.07) is 5.10. The average molecular weight is 353 g/mol. The molecule has 1 heterocycles. The Kier molecular flexibility index (Phi) is 3.25. The molecule has 4 heteroatoms. The van der Waals surface area contributed by atoms with Crippen molar-refractivity contribution in [2.45, 2.75) is 43.3 Å². The Hall–Kier alpha value is -0.710. The smallest absolute Gasteiger partial charge is 0.168 e. The first kappa shape index (κ1) is 13.9. The van der Waals surface area contributed by atoms with Crippen molar-refractivity contribution >= 4 is 22.0 Å². The summed E-state index contributed by atoms with van der Waals surface area (Å²) < 4.78 is 26.7. The molecule has 0 unspecified atom stereocenters. The van der Waals surface area contributed by atoms with Crippen LogP contribution in [0, 0.1) is 5.82 Å². The minimum atomic E-state index is -0.396. The van der Waals surface area contributed by atoms with Crippen LogP contribution < -0.4 is 0 Å². The first-order valence-electron chi connectivity index (χ1n) is 7.59. The summed E-state index contributed by atoms with van der Waals surface area (Å²) in [5.41, 5.74) is 2.15. The fourth-order valence-corrected chi connectivity index (χ4v) is 4.80. The van der Waals surface area contributed by atoms with Crippen LogP contribution in [-0.4, -0.2) is 19.0 Å². The number of hydrogen-bond acceptors (Lipinski definition) is 2. The van der Waals surface area contributed by atoms with Crippen LogP contribution in [0.1, 0.15) is 43.2 Å². The van der Waals surface area contributed by atoms with Gasteiger partial charge in [-0.15, -0.1) is 0 Å². The third kappa shape index (κ3) is 2.11. The molecule has 1 saturated heterocycles. The predicted octanol–water partition coefficient (Wildman–Crippen LogP) is 4.52. The standard InChI is InChI=1S/C17H18BrFO2/c18-15-10-12-2-3-13(19)11-14(12)16(15)4-6-17(7-5-16)20-8-1-9-21-17/h2-3,10-11H,1,4-9H2. The van der Waals surface area contributed by atoms with Crippen LogP contribution in [-0.2, 0) is 14.9 Å². The maximum atomic E-state index is 13.7. The zero-order valence-corrected chi connectivity index (χ0v) is 13.4. The number of allylic oxidation sites excluding steroid dienone is 1. The van der Waals surface area contributed by atoms with E-state index in [0.717, 1.165) is 56.4 Å². The van der Waals surface area contributed by atoms with E-state index in [0.29, 0.717) is 0 Å². The van der Waals surface area contributed by atoms with Crippen molar-refractivity contribution in [3.05, 3.63) is 39.6 Å². The highest BCUT2D eigenvalue weighted by Crippen LogP contribution is 2.55. The maximum Gasteiger partial charge on any atom is 0.168 e. The third-order valence-electron chi connectivity index (χ3n) is 5.15. The second-order valence-corrected chi connectivity index (χ2v) is 7.12. The van der Waals surface area contributed by atoms with E-state index >= 15 is 0 Å². The number of rotatable bonds is 0. The van der Waals surface area contributed by atoms with Gasteiger partial charge >= 0.3 is 0 Å². The minimum Gasteiger partial charge on any atom is -0.350 e. The molecule has 0 amide bonds. The summed E-state index contributed by atoms with van der Waals surface area (Å²) in [5.74, 6) is -0.554. The van der Waals surface area contributed by atoms with E-state index in [2.05, 4.69) is 22.0 Å². The van der Waals surface area contributed by atoms with Gasteiger partial charge in [0.25, 0.3) is 0 Å². The fraction of sp³-hybridized carbons (Fsp3) is 0.529. The van der Waals surface area contributed by atoms with Crippen LogP contribution in [0.15, 0.2) is 22.7 Å². The summed E-state index contributed by atoms with van der Waals surface area (Å²) in [6.45, 7) is 1.57. The quantitative estimate of drug-likeness (QED) is 0.683. The van der Waals surface area contributed by atoms with Crippen molar-refractivity contribution < 1.29 is 13.9 Å². The molecule has 4 rings (SSSR count). The van der Waals surface area contributed by atoms with Crippen LogP contribution >= 0.6 is 15.9 Å². The summed E-state index contributed by atoms with van der Waals surface area (Å²) in [5, 5.41) is 0. The lowest BCUT2D eigenvalue weighted by molar-refractivity contribution is -0.283. The van der Waals surface area contributed by atoms with Crippen LogP contribution in [0.4, 0.5) is 4.39 Å². The highest BCUT2D eigenvalue weighted by Gasteiger charge is 2.49. The SMILES string of the molecule is Fc1ccc2c(c1)C1(CCC3(CC1)OCCCO3)C(Br)=C2. The number of hydrogen-bond donors (Lipinski definition) is 0. The van der Waals surface area contributed by atoms with Gasteiger partial charge in [-0.25, -0.2) is 4.39 Å². The number of halogens is 2. The Morgan fingerprint density at radius 3 is 2.48 bits per heavy atom. The van der Waals surface area contributed by atoms with Gasteiger partial charge in [-0.1, -0.05) is 22.0 Å². The van der Waals surface area contributed by atoms with Gasteiger partial charge < -0.3 is 9.47 Å². The Balaban J connectivity index is 1.65. The maximum absolute atomic E-state index is 13.7. The van der Waals surface area contributed by atoms with E-state index < -0.39 is 5.79 Å². The van der Waals surface area contributed by atoms with E-state index in [9.17, 15) is 4.39 Å². The molecular weight excluding hydrogens is 335 g/mol. The zero-order valence-electron chi connectivity index (χ0n) is 11.8. The van der Waals surface area contributed by atoms with Gasteiger partial charge in [0.2, 0.25) is 0 Å². The van der Waals surface area contributed by atoms with Gasteiger partial charge in [0.1, 0.15) is 5.82 Å². The number of ether oxygens (including phenoxy) is 2. The molecule has 0 bridgehead atoms. The molecule has 0 aromatic heterocycles. The van der Waals surface area contributed by atoms with Crippen molar-refractivity contribution in [3.8, 4) is 0 Å². The third-order valence-corrected chi connectivity index (χ3v) is 6.14. The topological polar surface area (TPSA) is 18.5 Å². The van der Waals surface area contributed by atoms with E-state index in [1.807, 2.05) is 6.07 Å². The Morgan fingerprint density at radius 2 is 1.76 bits per heavy atom. The highest BCUT2D eigenvalue weighted by atomic mass is 79.9. The monoisotopic (exact) mass is 352 g/mol. The Morgan fingerprint density at radius 1 is 1.05 bits per heavy atom. The molecule has 21 heavy (non-hydrogen) atoms. The van der Waals surface area contributed by atoms with Crippen molar-refractivity contribution in [3.63, 3.8) is 0 Å². The average Bonchev–Trinajstić information content (AvgIpc) is 2.76. The van der Waals surface area contributed by atoms with E-state index in [-0.39, 0.29) is 11.2 Å². The summed E-state index contributed by atoms with van der Waals surface area (Å²) in [6.07, 6.45) is 6.71. The van der Waals surface area contributed by atoms with Crippen LogP contribution in [0.3, 0.4) is 0 Å². The predicted molar refractivity (Wildman–Crippen MR) is 82.7 cm³/mol. The van der Waals surface area contributed by atoms with Gasteiger partial charge in [-0.3, -0.25) is 0 Å². The summed E-state index contributed by atoms with van der Waals surface area (Å²) in [7, 11) is 0. The molecule has 0 N–H and O–H groups in total. The second-order valence-electron chi connectivity index (χ2n) is 6.27. The van der Waals surface area contributed by atoms with Gasteiger partial charge in [-0.2, -0.15) is 0 Å². The first-order chi connectivity index (χ1) is 10.1. The van der Waals surface area contributed by atoms with Gasteiger partial charge in [0.15, 0.2) is 5.79 Å². The molecule has 1 saturated carbocycles. The fourth-order valence-electron chi connectivity index (χ4n) is 3.94. The van der Waals surface area contributed by atoms with Crippen LogP contribution in [0.2, 0.25) is 0 Å². The van der Waals surface area contributed by atoms with E-state index in [1.165, 1.54) is 10.5 Å². The molecule has 1 aromatic carbocycles. The number of benzene rings is 1. The van der Waals surface area contributed by atoms with Gasteiger partial charge in [0, 0.05) is 22.7 Å². The highest BCUT2D eigenvalue weighted by molar-refractivity contribution is 9.11. The number of fused-ring (bicyclic) bond motifs is 2. The van der Waals surface area contributed by atoms with E-state index in [1.54, 1.807) is 6.07 Å². The first-order valence-corrected chi connectivity index (χ1v) is 8.39. The minimum absolute atomic E-state index is 0.0904. The van der Waals surface area contributed by atoms with E-state index in [4.69, 9.17) is 9.47 Å². The molecule has 1 aliphatic heterocycles. The molecule has 2 nitrogen and oxygen atoms in total. The largest absolute Gasteiger partial charge is 0.350 e.